The summed E-state index contributed by atoms with van der Waals surface area (Å²) in [7, 11) is 0. The van der Waals surface area contributed by atoms with Crippen molar-refractivity contribution < 1.29 is 9.59 Å². The Labute approximate surface area is 111 Å². The largest absolute Gasteiger partial charge is 0.342 e. The third-order valence-electron chi connectivity index (χ3n) is 3.73. The van der Waals surface area contributed by atoms with Crippen molar-refractivity contribution in [3.8, 4) is 0 Å². The van der Waals surface area contributed by atoms with E-state index in [1.807, 2.05) is 4.90 Å². The molecule has 1 rings (SSSR count). The molecule has 0 spiro atoms. The predicted molar refractivity (Wildman–Crippen MR) is 73.4 cm³/mol. The molecule has 0 aromatic rings. The molecule has 1 aliphatic carbocycles. The van der Waals surface area contributed by atoms with Gasteiger partial charge in [0, 0.05) is 19.5 Å². The van der Waals surface area contributed by atoms with E-state index in [2.05, 4.69) is 13.8 Å². The molecule has 0 aliphatic heterocycles. The van der Waals surface area contributed by atoms with Crippen LogP contribution in [-0.2, 0) is 9.59 Å². The number of amides is 1. The molecule has 1 amide bonds. The van der Waals surface area contributed by atoms with Crippen molar-refractivity contribution in [2.75, 3.05) is 13.1 Å². The van der Waals surface area contributed by atoms with Crippen LogP contribution in [0.5, 0.6) is 0 Å². The van der Waals surface area contributed by atoms with Crippen LogP contribution in [0.3, 0.4) is 0 Å². The van der Waals surface area contributed by atoms with Crippen LogP contribution in [0.4, 0.5) is 0 Å². The number of ketones is 1. The van der Waals surface area contributed by atoms with Crippen LogP contribution in [0, 0.1) is 5.92 Å². The first-order valence-electron chi connectivity index (χ1n) is 7.52. The molecule has 104 valence electrons. The molecule has 0 heterocycles. The van der Waals surface area contributed by atoms with E-state index in [1.54, 1.807) is 0 Å². The van der Waals surface area contributed by atoms with Gasteiger partial charge in [-0.25, -0.2) is 0 Å². The van der Waals surface area contributed by atoms with E-state index in [1.165, 1.54) is 0 Å². The van der Waals surface area contributed by atoms with Gasteiger partial charge in [-0.15, -0.1) is 0 Å². The van der Waals surface area contributed by atoms with Gasteiger partial charge in [0.15, 0.2) is 0 Å². The maximum absolute atomic E-state index is 12.4. The Hall–Kier alpha value is -0.860. The Bertz CT molecular complexity index is 268. The summed E-state index contributed by atoms with van der Waals surface area (Å²) in [6.45, 7) is 5.90. The van der Waals surface area contributed by atoms with Gasteiger partial charge in [-0.1, -0.05) is 33.1 Å². The van der Waals surface area contributed by atoms with Crippen LogP contribution in [0.2, 0.25) is 0 Å². The van der Waals surface area contributed by atoms with Gasteiger partial charge in [0.2, 0.25) is 5.91 Å². The highest BCUT2D eigenvalue weighted by Gasteiger charge is 2.31. The minimum atomic E-state index is -0.326. The lowest BCUT2D eigenvalue weighted by Gasteiger charge is -2.28. The summed E-state index contributed by atoms with van der Waals surface area (Å²) in [5.41, 5.74) is 0. The van der Waals surface area contributed by atoms with Crippen LogP contribution >= 0.6 is 0 Å². The number of Topliss-reactive ketones (excluding diaryl/α,β-unsaturated/α-hetero) is 1. The fourth-order valence-electron chi connectivity index (χ4n) is 2.49. The molecule has 0 N–H and O–H groups in total. The molecule has 1 fully saturated rings. The van der Waals surface area contributed by atoms with Crippen molar-refractivity contribution in [3.63, 3.8) is 0 Å². The maximum atomic E-state index is 12.4. The zero-order valence-corrected chi connectivity index (χ0v) is 11.9. The lowest BCUT2D eigenvalue weighted by atomic mass is 9.87. The van der Waals surface area contributed by atoms with Gasteiger partial charge in [-0.2, -0.15) is 0 Å². The molecule has 0 saturated heterocycles. The average molecular weight is 253 g/mol. The van der Waals surface area contributed by atoms with Gasteiger partial charge in [0.25, 0.3) is 0 Å². The van der Waals surface area contributed by atoms with E-state index in [9.17, 15) is 9.59 Å². The first kappa shape index (κ1) is 15.2. The fourth-order valence-corrected chi connectivity index (χ4v) is 2.49. The molecular formula is C15H27NO2. The number of nitrogens with zero attached hydrogens (tertiary/aromatic N) is 1. The molecule has 1 atom stereocenters. The summed E-state index contributed by atoms with van der Waals surface area (Å²) >= 11 is 0. The minimum absolute atomic E-state index is 0.0987. The number of carbonyl (C=O) groups is 2. The second-order valence-electron chi connectivity index (χ2n) is 5.30. The van der Waals surface area contributed by atoms with Gasteiger partial charge in [0.05, 0.1) is 5.92 Å². The molecule has 0 radical (unpaired) electrons. The second-order valence-corrected chi connectivity index (χ2v) is 5.30. The quantitative estimate of drug-likeness (QED) is 0.653. The van der Waals surface area contributed by atoms with Crippen LogP contribution in [0.15, 0.2) is 0 Å². The molecule has 1 aliphatic rings. The second kappa shape index (κ2) is 8.28. The number of rotatable bonds is 7. The third kappa shape index (κ3) is 4.43. The molecular weight excluding hydrogens is 226 g/mol. The summed E-state index contributed by atoms with van der Waals surface area (Å²) in [6.07, 6.45) is 7.62. The van der Waals surface area contributed by atoms with Crippen molar-refractivity contribution in [1.82, 2.24) is 4.90 Å². The normalized spacial score (nSPS) is 19.9. The topological polar surface area (TPSA) is 37.4 Å². The Morgan fingerprint density at radius 2 is 1.78 bits per heavy atom. The lowest BCUT2D eigenvalue weighted by Crippen LogP contribution is -2.41. The SMILES string of the molecule is CCCCN(CCCC)C(=O)C1CCCCC1=O. The van der Waals surface area contributed by atoms with Gasteiger partial charge in [-0.05, 0) is 25.7 Å². The number of hydrogen-bond donors (Lipinski definition) is 0. The Balaban J connectivity index is 2.58. The molecule has 3 heteroatoms. The predicted octanol–water partition coefficient (Wildman–Crippen LogP) is 3.17. The number of carbonyl (C=O) groups excluding carboxylic acids is 2. The zero-order valence-electron chi connectivity index (χ0n) is 11.9. The van der Waals surface area contributed by atoms with E-state index in [0.29, 0.717) is 6.42 Å². The van der Waals surface area contributed by atoms with E-state index < -0.39 is 0 Å². The van der Waals surface area contributed by atoms with Crippen molar-refractivity contribution in [3.05, 3.63) is 0 Å². The van der Waals surface area contributed by atoms with Gasteiger partial charge in [-0.3, -0.25) is 9.59 Å². The summed E-state index contributed by atoms with van der Waals surface area (Å²) in [5.74, 6) is -0.0571. The molecule has 0 bridgehead atoms. The summed E-state index contributed by atoms with van der Waals surface area (Å²) in [4.78, 5) is 26.2. The monoisotopic (exact) mass is 253 g/mol. The van der Waals surface area contributed by atoms with E-state index in [-0.39, 0.29) is 17.6 Å². The van der Waals surface area contributed by atoms with Gasteiger partial charge < -0.3 is 4.90 Å². The summed E-state index contributed by atoms with van der Waals surface area (Å²) in [5, 5.41) is 0. The third-order valence-corrected chi connectivity index (χ3v) is 3.73. The Morgan fingerprint density at radius 3 is 2.28 bits per heavy atom. The molecule has 1 unspecified atom stereocenters. The Kier molecular flexibility index (Phi) is 6.99. The number of hydrogen-bond acceptors (Lipinski definition) is 2. The zero-order chi connectivity index (χ0) is 13.4. The van der Waals surface area contributed by atoms with Crippen LogP contribution < -0.4 is 0 Å². The van der Waals surface area contributed by atoms with E-state index in [0.717, 1.165) is 58.0 Å². The molecule has 3 nitrogen and oxygen atoms in total. The first-order chi connectivity index (χ1) is 8.70. The molecule has 1 saturated carbocycles. The average Bonchev–Trinajstić information content (AvgIpc) is 2.39. The summed E-state index contributed by atoms with van der Waals surface area (Å²) in [6, 6.07) is 0. The fraction of sp³-hybridized carbons (Fsp3) is 0.867. The number of unbranched alkanes of at least 4 members (excludes halogenated alkanes) is 2. The molecule has 0 aromatic heterocycles. The Morgan fingerprint density at radius 1 is 1.17 bits per heavy atom. The van der Waals surface area contributed by atoms with Crippen molar-refractivity contribution in [1.29, 1.82) is 0 Å². The van der Waals surface area contributed by atoms with Gasteiger partial charge in [0.1, 0.15) is 5.78 Å². The highest BCUT2D eigenvalue weighted by molar-refractivity contribution is 6.01. The highest BCUT2D eigenvalue weighted by Crippen LogP contribution is 2.23. The standard InChI is InChI=1S/C15H27NO2/c1-3-5-11-16(12-6-4-2)15(18)13-9-7-8-10-14(13)17/h13H,3-12H2,1-2H3. The van der Waals surface area contributed by atoms with Crippen LogP contribution in [-0.4, -0.2) is 29.7 Å². The van der Waals surface area contributed by atoms with Gasteiger partial charge >= 0.3 is 0 Å². The summed E-state index contributed by atoms with van der Waals surface area (Å²) < 4.78 is 0. The first-order valence-corrected chi connectivity index (χ1v) is 7.52. The van der Waals surface area contributed by atoms with Crippen molar-refractivity contribution in [2.45, 2.75) is 65.2 Å². The van der Waals surface area contributed by atoms with E-state index in [4.69, 9.17) is 0 Å². The smallest absolute Gasteiger partial charge is 0.233 e. The van der Waals surface area contributed by atoms with Crippen molar-refractivity contribution >= 4 is 11.7 Å². The maximum Gasteiger partial charge on any atom is 0.233 e. The van der Waals surface area contributed by atoms with Crippen LogP contribution in [0.1, 0.15) is 65.2 Å². The minimum Gasteiger partial charge on any atom is -0.342 e. The lowest BCUT2D eigenvalue weighted by molar-refractivity contribution is -0.142. The molecule has 0 aromatic carbocycles. The van der Waals surface area contributed by atoms with E-state index >= 15 is 0 Å². The molecule has 18 heavy (non-hydrogen) atoms. The highest BCUT2D eigenvalue weighted by atomic mass is 16.2. The van der Waals surface area contributed by atoms with Crippen molar-refractivity contribution in [2.24, 2.45) is 5.92 Å². The van der Waals surface area contributed by atoms with Crippen LogP contribution in [0.25, 0.3) is 0 Å².